The second-order valence-corrected chi connectivity index (χ2v) is 9.02. The van der Waals surface area contributed by atoms with Crippen molar-refractivity contribution in [2.24, 2.45) is 0 Å². The van der Waals surface area contributed by atoms with Crippen LogP contribution >= 0.6 is 31.9 Å². The average molecular weight is 446 g/mol. The van der Waals surface area contributed by atoms with Gasteiger partial charge in [-0.15, -0.1) is 0 Å². The molecule has 3 aliphatic rings. The summed E-state index contributed by atoms with van der Waals surface area (Å²) in [5, 5.41) is 1.91. The van der Waals surface area contributed by atoms with Crippen molar-refractivity contribution in [1.82, 2.24) is 0 Å². The fourth-order valence-corrected chi connectivity index (χ4v) is 6.95. The highest BCUT2D eigenvalue weighted by atomic mass is 79.9. The Hall–Kier alpha value is -0.600. The number of alkyl halides is 2. The molecular formula is C22H22Br2. The minimum Gasteiger partial charge on any atom is -0.0876 e. The van der Waals surface area contributed by atoms with Crippen molar-refractivity contribution >= 4 is 31.9 Å². The van der Waals surface area contributed by atoms with Gasteiger partial charge in [-0.25, -0.2) is 0 Å². The smallest absolute Gasteiger partial charge is 0.0283 e. The van der Waals surface area contributed by atoms with Gasteiger partial charge < -0.3 is 0 Å². The molecule has 0 saturated heterocycles. The summed E-state index contributed by atoms with van der Waals surface area (Å²) in [5.74, 6) is 0. The lowest BCUT2D eigenvalue weighted by Crippen LogP contribution is -2.43. The van der Waals surface area contributed by atoms with Crippen LogP contribution in [0.5, 0.6) is 0 Å². The van der Waals surface area contributed by atoms with Crippen LogP contribution in [0.25, 0.3) is 11.1 Å². The van der Waals surface area contributed by atoms with E-state index in [1.807, 2.05) is 0 Å². The zero-order valence-electron chi connectivity index (χ0n) is 13.9. The molecule has 0 N–H and O–H groups in total. The summed E-state index contributed by atoms with van der Waals surface area (Å²) < 4.78 is 0. The molecule has 0 amide bonds. The summed E-state index contributed by atoms with van der Waals surface area (Å²) in [4.78, 5) is 0. The highest BCUT2D eigenvalue weighted by molar-refractivity contribution is 9.08. The number of fused-ring (bicyclic) bond motifs is 3. The van der Waals surface area contributed by atoms with Gasteiger partial charge in [0.15, 0.2) is 0 Å². The Balaban J connectivity index is 1.87. The van der Waals surface area contributed by atoms with Crippen molar-refractivity contribution in [2.45, 2.75) is 60.0 Å². The second kappa shape index (κ2) is 5.45. The lowest BCUT2D eigenvalue weighted by atomic mass is 9.55. The summed E-state index contributed by atoms with van der Waals surface area (Å²) in [7, 11) is 0. The second-order valence-electron chi connectivity index (χ2n) is 7.90. The molecule has 3 aliphatic carbocycles. The molecule has 2 aromatic rings. The fourth-order valence-electron chi connectivity index (χ4n) is 6.26. The summed E-state index contributed by atoms with van der Waals surface area (Å²) in [5.41, 5.74) is 10.00. The van der Waals surface area contributed by atoms with Crippen LogP contribution in [0.1, 0.15) is 60.8 Å². The van der Waals surface area contributed by atoms with E-state index < -0.39 is 0 Å². The molecule has 0 aliphatic heterocycles. The molecule has 0 spiro atoms. The van der Waals surface area contributed by atoms with E-state index in [0.29, 0.717) is 10.8 Å². The van der Waals surface area contributed by atoms with Gasteiger partial charge in [-0.3, -0.25) is 0 Å². The van der Waals surface area contributed by atoms with Gasteiger partial charge in [0, 0.05) is 21.5 Å². The van der Waals surface area contributed by atoms with E-state index in [2.05, 4.69) is 68.3 Å². The van der Waals surface area contributed by atoms with Gasteiger partial charge >= 0.3 is 0 Å². The largest absolute Gasteiger partial charge is 0.0876 e. The van der Waals surface area contributed by atoms with Crippen LogP contribution in [0, 0.1) is 0 Å². The molecule has 2 heteroatoms. The number of rotatable bonds is 2. The van der Waals surface area contributed by atoms with Gasteiger partial charge in [0.1, 0.15) is 0 Å². The molecule has 0 nitrogen and oxygen atoms in total. The average Bonchev–Trinajstić information content (AvgIpc) is 3.18. The Morgan fingerprint density at radius 3 is 1.46 bits per heavy atom. The van der Waals surface area contributed by atoms with Crippen molar-refractivity contribution in [3.8, 4) is 11.1 Å². The molecule has 24 heavy (non-hydrogen) atoms. The third kappa shape index (κ3) is 1.80. The van der Waals surface area contributed by atoms with Gasteiger partial charge in [-0.1, -0.05) is 81.1 Å². The van der Waals surface area contributed by atoms with Gasteiger partial charge in [-0.2, -0.15) is 0 Å². The molecule has 2 saturated carbocycles. The Morgan fingerprint density at radius 2 is 1.08 bits per heavy atom. The number of halogens is 2. The standard InChI is InChI=1S/C22H22Br2/c23-13-15-3-5-17-18-6-4-16(14-24)12-20(18)22-8-1-7-21(22,9-2-10-22)19(17)11-15/h3-6,11-12H,1-2,7-10,13-14H2. The fraction of sp³-hybridized carbons (Fsp3) is 0.455. The number of hydrogen-bond donors (Lipinski definition) is 0. The molecule has 0 unspecified atom stereocenters. The molecule has 124 valence electrons. The van der Waals surface area contributed by atoms with Crippen molar-refractivity contribution < 1.29 is 0 Å². The topological polar surface area (TPSA) is 0 Å². The third-order valence-electron chi connectivity index (χ3n) is 7.13. The zero-order chi connectivity index (χ0) is 16.4. The predicted octanol–water partition coefficient (Wildman–Crippen LogP) is 7.00. The monoisotopic (exact) mass is 444 g/mol. The van der Waals surface area contributed by atoms with Crippen molar-refractivity contribution in [3.63, 3.8) is 0 Å². The first-order valence-electron chi connectivity index (χ1n) is 9.13. The molecule has 0 aromatic heterocycles. The Bertz CT molecular complexity index is 743. The summed E-state index contributed by atoms with van der Waals surface area (Å²) in [6.45, 7) is 0. The Kier molecular flexibility index (Phi) is 3.55. The maximum Gasteiger partial charge on any atom is 0.0283 e. The number of benzene rings is 2. The van der Waals surface area contributed by atoms with Gasteiger partial charge in [0.05, 0.1) is 0 Å². The molecule has 2 aromatic carbocycles. The van der Waals surface area contributed by atoms with Crippen molar-refractivity contribution in [2.75, 3.05) is 0 Å². The van der Waals surface area contributed by atoms with Crippen LogP contribution in [-0.4, -0.2) is 0 Å². The molecule has 2 fully saturated rings. The molecule has 0 radical (unpaired) electrons. The highest BCUT2D eigenvalue weighted by Crippen LogP contribution is 2.69. The van der Waals surface area contributed by atoms with Crippen LogP contribution < -0.4 is 0 Å². The van der Waals surface area contributed by atoms with Crippen LogP contribution in [-0.2, 0) is 21.5 Å². The lowest BCUT2D eigenvalue weighted by molar-refractivity contribution is 0.299. The van der Waals surface area contributed by atoms with E-state index in [4.69, 9.17) is 0 Å². The Labute approximate surface area is 161 Å². The first-order chi connectivity index (χ1) is 11.7. The third-order valence-corrected chi connectivity index (χ3v) is 8.42. The highest BCUT2D eigenvalue weighted by Gasteiger charge is 2.62. The minimum atomic E-state index is 0.401. The lowest BCUT2D eigenvalue weighted by Gasteiger charge is -2.48. The SMILES string of the molecule is BrCc1ccc2c(c1)C13CCCC1(CCC3)c1cc(CBr)ccc1-2. The van der Waals surface area contributed by atoms with Gasteiger partial charge in [-0.05, 0) is 59.1 Å². The van der Waals surface area contributed by atoms with Crippen LogP contribution in [0.3, 0.4) is 0 Å². The van der Waals surface area contributed by atoms with E-state index in [1.54, 1.807) is 11.1 Å². The normalized spacial score (nSPS) is 29.8. The molecule has 0 bridgehead atoms. The van der Waals surface area contributed by atoms with E-state index in [-0.39, 0.29) is 0 Å². The van der Waals surface area contributed by atoms with Gasteiger partial charge in [0.25, 0.3) is 0 Å². The van der Waals surface area contributed by atoms with Gasteiger partial charge in [0.2, 0.25) is 0 Å². The summed E-state index contributed by atoms with van der Waals surface area (Å²) >= 11 is 7.34. The molecular weight excluding hydrogens is 424 g/mol. The van der Waals surface area contributed by atoms with E-state index in [1.165, 1.54) is 60.8 Å². The molecule has 0 heterocycles. The van der Waals surface area contributed by atoms with E-state index in [0.717, 1.165) is 10.7 Å². The number of hydrogen-bond acceptors (Lipinski definition) is 0. The van der Waals surface area contributed by atoms with Crippen LogP contribution in [0.2, 0.25) is 0 Å². The van der Waals surface area contributed by atoms with E-state index >= 15 is 0 Å². The van der Waals surface area contributed by atoms with Crippen molar-refractivity contribution in [3.05, 3.63) is 58.7 Å². The van der Waals surface area contributed by atoms with Crippen LogP contribution in [0.4, 0.5) is 0 Å². The minimum absolute atomic E-state index is 0.401. The zero-order valence-corrected chi connectivity index (χ0v) is 17.0. The van der Waals surface area contributed by atoms with Crippen LogP contribution in [0.15, 0.2) is 36.4 Å². The summed E-state index contributed by atoms with van der Waals surface area (Å²) in [6, 6.07) is 14.5. The maximum atomic E-state index is 3.67. The maximum absolute atomic E-state index is 3.67. The van der Waals surface area contributed by atoms with Crippen molar-refractivity contribution in [1.29, 1.82) is 0 Å². The quantitative estimate of drug-likeness (QED) is 0.436. The Morgan fingerprint density at radius 1 is 0.667 bits per heavy atom. The predicted molar refractivity (Wildman–Crippen MR) is 108 cm³/mol. The first-order valence-corrected chi connectivity index (χ1v) is 11.4. The molecule has 5 rings (SSSR count). The summed E-state index contributed by atoms with van der Waals surface area (Å²) in [6.07, 6.45) is 8.28. The molecule has 0 atom stereocenters. The first kappa shape index (κ1) is 15.6. The van der Waals surface area contributed by atoms with E-state index in [9.17, 15) is 0 Å².